The van der Waals surface area contributed by atoms with E-state index in [4.69, 9.17) is 16.3 Å². The number of ether oxygens (including phenoxy) is 1. The van der Waals surface area contributed by atoms with E-state index < -0.39 is 17.8 Å². The summed E-state index contributed by atoms with van der Waals surface area (Å²) in [6.45, 7) is 4.28. The van der Waals surface area contributed by atoms with Crippen LogP contribution in [0.1, 0.15) is 22.5 Å². The lowest BCUT2D eigenvalue weighted by atomic mass is 10.1. The van der Waals surface area contributed by atoms with E-state index in [-0.39, 0.29) is 5.57 Å². The molecule has 1 N–H and O–H groups in total. The van der Waals surface area contributed by atoms with Gasteiger partial charge in [-0.2, -0.15) is 0 Å². The van der Waals surface area contributed by atoms with E-state index in [0.29, 0.717) is 22.9 Å². The van der Waals surface area contributed by atoms with Gasteiger partial charge in [0.1, 0.15) is 17.9 Å². The largest absolute Gasteiger partial charge is 0.489 e. The Kier molecular flexibility index (Phi) is 7.41. The smallest absolute Gasteiger partial charge is 0.335 e. The molecule has 0 radical (unpaired) electrons. The van der Waals surface area contributed by atoms with E-state index in [1.165, 1.54) is 6.08 Å². The summed E-state index contributed by atoms with van der Waals surface area (Å²) in [4.78, 5) is 39.4. The van der Waals surface area contributed by atoms with Crippen LogP contribution in [0, 0.1) is 13.8 Å². The molecule has 0 aliphatic carbocycles. The first-order chi connectivity index (χ1) is 18.7. The van der Waals surface area contributed by atoms with Gasteiger partial charge in [-0.25, -0.2) is 9.69 Å². The highest BCUT2D eigenvalue weighted by Crippen LogP contribution is 2.27. The predicted octanol–water partition coefficient (Wildman–Crippen LogP) is 6.76. The summed E-state index contributed by atoms with van der Waals surface area (Å²) in [5.41, 5.74) is 4.60. The Balaban J connectivity index is 1.39. The molecule has 0 atom stereocenters. The number of hydrogen-bond donors (Lipinski definition) is 1. The van der Waals surface area contributed by atoms with Gasteiger partial charge in [0.2, 0.25) is 0 Å². The van der Waals surface area contributed by atoms with Crippen LogP contribution in [0.15, 0.2) is 88.9 Å². The van der Waals surface area contributed by atoms with E-state index in [1.54, 1.807) is 24.3 Å². The quantitative estimate of drug-likeness (QED) is 0.195. The molecule has 0 saturated carbocycles. The van der Waals surface area contributed by atoms with Crippen molar-refractivity contribution in [3.8, 4) is 11.4 Å². The van der Waals surface area contributed by atoms with Crippen molar-refractivity contribution < 1.29 is 19.1 Å². The van der Waals surface area contributed by atoms with Crippen molar-refractivity contribution in [2.24, 2.45) is 0 Å². The molecule has 4 aromatic rings. The summed E-state index contributed by atoms with van der Waals surface area (Å²) >= 11 is 9.28. The van der Waals surface area contributed by atoms with Crippen LogP contribution in [0.2, 0.25) is 5.02 Å². The Morgan fingerprint density at radius 1 is 0.897 bits per heavy atom. The van der Waals surface area contributed by atoms with Crippen molar-refractivity contribution in [1.82, 2.24) is 9.88 Å². The molecule has 39 heavy (non-hydrogen) atoms. The topological polar surface area (TPSA) is 80.6 Å². The minimum atomic E-state index is -0.784. The number of benzene rings is 3. The normalized spacial score (nSPS) is 14.6. The van der Waals surface area contributed by atoms with Crippen LogP contribution in [-0.4, -0.2) is 22.4 Å². The first-order valence-corrected chi connectivity index (χ1v) is 13.2. The number of aryl methyl sites for hydroxylation is 1. The molecule has 1 aliphatic rings. The average Bonchev–Trinajstić information content (AvgIpc) is 3.20. The molecule has 9 heteroatoms. The van der Waals surface area contributed by atoms with Crippen molar-refractivity contribution in [2.45, 2.75) is 20.5 Å². The molecule has 1 aromatic heterocycles. The summed E-state index contributed by atoms with van der Waals surface area (Å²) in [7, 11) is 0. The maximum absolute atomic E-state index is 13.3. The van der Waals surface area contributed by atoms with Gasteiger partial charge in [0.25, 0.3) is 11.8 Å². The fraction of sp³-hybridized carbons (Fsp3) is 0.100. The first kappa shape index (κ1) is 26.5. The van der Waals surface area contributed by atoms with Gasteiger partial charge >= 0.3 is 6.03 Å². The van der Waals surface area contributed by atoms with E-state index in [0.717, 1.165) is 37.8 Å². The Labute approximate surface area is 238 Å². The number of rotatable bonds is 6. The van der Waals surface area contributed by atoms with Crippen LogP contribution >= 0.6 is 27.5 Å². The predicted molar refractivity (Wildman–Crippen MR) is 154 cm³/mol. The maximum atomic E-state index is 13.3. The second-order valence-corrected chi connectivity index (χ2v) is 10.4. The van der Waals surface area contributed by atoms with Crippen LogP contribution in [0.3, 0.4) is 0 Å². The zero-order valence-corrected chi connectivity index (χ0v) is 23.4. The molecule has 196 valence electrons. The zero-order chi connectivity index (χ0) is 27.7. The zero-order valence-electron chi connectivity index (χ0n) is 21.1. The van der Waals surface area contributed by atoms with Gasteiger partial charge in [0, 0.05) is 26.6 Å². The van der Waals surface area contributed by atoms with Gasteiger partial charge in [-0.15, -0.1) is 0 Å². The summed E-state index contributed by atoms with van der Waals surface area (Å²) < 4.78 is 8.72. The Morgan fingerprint density at radius 3 is 2.21 bits per heavy atom. The standard InChI is InChI=1S/C30H23BrClN3O4/c1-18-15-21(16-27-28(36)33-30(38)35(29(27)37)25-9-5-22(31)6-10-25)19(2)34(18)24-11-13-26(14-12-24)39-17-20-3-7-23(32)8-4-20/h3-16H,17H2,1-2H3,(H,33,36,38)/b27-16+. The van der Waals surface area contributed by atoms with Gasteiger partial charge in [0.05, 0.1) is 5.69 Å². The molecule has 1 aliphatic heterocycles. The van der Waals surface area contributed by atoms with Crippen molar-refractivity contribution in [3.63, 3.8) is 0 Å². The van der Waals surface area contributed by atoms with Gasteiger partial charge in [-0.1, -0.05) is 39.7 Å². The summed E-state index contributed by atoms with van der Waals surface area (Å²) in [6.07, 6.45) is 1.53. The number of barbiturate groups is 1. The number of anilines is 1. The van der Waals surface area contributed by atoms with Crippen LogP contribution in [0.25, 0.3) is 11.8 Å². The van der Waals surface area contributed by atoms with Crippen molar-refractivity contribution >= 4 is 57.1 Å². The number of halogens is 2. The number of nitrogens with zero attached hydrogens (tertiary/aromatic N) is 2. The Bertz CT molecular complexity index is 1610. The minimum absolute atomic E-state index is 0.122. The SMILES string of the molecule is Cc1cc(/C=C2\C(=O)NC(=O)N(c3ccc(Br)cc3)C2=O)c(C)n1-c1ccc(OCc2ccc(Cl)cc2)cc1. The van der Waals surface area contributed by atoms with Crippen molar-refractivity contribution in [2.75, 3.05) is 4.90 Å². The molecule has 2 heterocycles. The third kappa shape index (κ3) is 5.53. The van der Waals surface area contributed by atoms with Crippen LogP contribution in [-0.2, 0) is 16.2 Å². The molecule has 0 spiro atoms. The number of carbonyl (C=O) groups excluding carboxylic acids is 3. The number of amides is 4. The molecule has 0 bridgehead atoms. The second kappa shape index (κ2) is 10.9. The molecule has 0 unspecified atom stereocenters. The molecular weight excluding hydrogens is 582 g/mol. The van der Waals surface area contributed by atoms with Gasteiger partial charge in [-0.05, 0) is 97.8 Å². The Morgan fingerprint density at radius 2 is 1.54 bits per heavy atom. The third-order valence-corrected chi connectivity index (χ3v) is 7.15. The van der Waals surface area contributed by atoms with E-state index in [1.807, 2.05) is 73.0 Å². The minimum Gasteiger partial charge on any atom is -0.489 e. The highest BCUT2D eigenvalue weighted by Gasteiger charge is 2.37. The van der Waals surface area contributed by atoms with Crippen LogP contribution in [0.5, 0.6) is 5.75 Å². The maximum Gasteiger partial charge on any atom is 0.335 e. The molecule has 1 saturated heterocycles. The Hall–Kier alpha value is -4.14. The van der Waals surface area contributed by atoms with Crippen molar-refractivity contribution in [3.05, 3.63) is 116 Å². The third-order valence-electron chi connectivity index (χ3n) is 6.37. The molecule has 3 aromatic carbocycles. The number of imide groups is 2. The molecule has 5 rings (SSSR count). The number of carbonyl (C=O) groups is 3. The highest BCUT2D eigenvalue weighted by atomic mass is 79.9. The summed E-state index contributed by atoms with van der Waals surface area (Å²) in [5, 5.41) is 2.95. The molecule has 1 fully saturated rings. The lowest BCUT2D eigenvalue weighted by Gasteiger charge is -2.26. The van der Waals surface area contributed by atoms with E-state index in [2.05, 4.69) is 21.2 Å². The summed E-state index contributed by atoms with van der Waals surface area (Å²) in [5.74, 6) is -0.691. The van der Waals surface area contributed by atoms with E-state index >= 15 is 0 Å². The highest BCUT2D eigenvalue weighted by molar-refractivity contribution is 9.10. The monoisotopic (exact) mass is 603 g/mol. The number of hydrogen-bond acceptors (Lipinski definition) is 4. The molecule has 4 amide bonds. The molecular formula is C30H23BrClN3O4. The van der Waals surface area contributed by atoms with Crippen LogP contribution < -0.4 is 15.0 Å². The van der Waals surface area contributed by atoms with Gasteiger partial charge in [0.15, 0.2) is 0 Å². The number of urea groups is 1. The number of nitrogens with one attached hydrogen (secondary N) is 1. The number of aromatic nitrogens is 1. The lowest BCUT2D eigenvalue weighted by Crippen LogP contribution is -2.54. The molecule has 7 nitrogen and oxygen atoms in total. The van der Waals surface area contributed by atoms with Gasteiger partial charge in [-0.3, -0.25) is 14.9 Å². The summed E-state index contributed by atoms with van der Waals surface area (Å²) in [6, 6.07) is 23.0. The van der Waals surface area contributed by atoms with E-state index in [9.17, 15) is 14.4 Å². The second-order valence-electron chi connectivity index (χ2n) is 9.01. The first-order valence-electron chi connectivity index (χ1n) is 12.0. The van der Waals surface area contributed by atoms with Crippen LogP contribution in [0.4, 0.5) is 10.5 Å². The van der Waals surface area contributed by atoms with Crippen molar-refractivity contribution in [1.29, 1.82) is 0 Å². The fourth-order valence-corrected chi connectivity index (χ4v) is 4.80. The lowest BCUT2D eigenvalue weighted by molar-refractivity contribution is -0.122. The average molecular weight is 605 g/mol. The fourth-order valence-electron chi connectivity index (χ4n) is 4.41. The van der Waals surface area contributed by atoms with Gasteiger partial charge < -0.3 is 9.30 Å².